The van der Waals surface area contributed by atoms with Gasteiger partial charge in [-0.05, 0) is 55.7 Å². The van der Waals surface area contributed by atoms with Crippen LogP contribution in [0.5, 0.6) is 0 Å². The van der Waals surface area contributed by atoms with E-state index in [9.17, 15) is 4.39 Å². The SMILES string of the molecule is Fc1ccc(-c2csc(-c3ccnc(N4CCCCC4)c3)n2)cc1. The monoisotopic (exact) mass is 339 g/mol. The zero-order valence-electron chi connectivity index (χ0n) is 13.3. The lowest BCUT2D eigenvalue weighted by Crippen LogP contribution is -2.30. The molecule has 0 bridgehead atoms. The molecule has 0 aliphatic carbocycles. The number of hydrogen-bond donors (Lipinski definition) is 0. The highest BCUT2D eigenvalue weighted by atomic mass is 32.1. The average Bonchev–Trinajstić information content (AvgIpc) is 3.13. The maximum Gasteiger partial charge on any atom is 0.129 e. The second kappa shape index (κ2) is 6.69. The van der Waals surface area contributed by atoms with Crippen LogP contribution in [0.3, 0.4) is 0 Å². The van der Waals surface area contributed by atoms with E-state index >= 15 is 0 Å². The lowest BCUT2D eigenvalue weighted by Gasteiger charge is -2.27. The Bertz CT molecular complexity index is 823. The van der Waals surface area contributed by atoms with Gasteiger partial charge in [0.25, 0.3) is 0 Å². The van der Waals surface area contributed by atoms with Crippen molar-refractivity contribution in [3.8, 4) is 21.8 Å². The summed E-state index contributed by atoms with van der Waals surface area (Å²) in [5.74, 6) is 0.806. The third-order valence-electron chi connectivity index (χ3n) is 4.32. The highest BCUT2D eigenvalue weighted by Gasteiger charge is 2.14. The zero-order chi connectivity index (χ0) is 16.4. The molecule has 24 heavy (non-hydrogen) atoms. The van der Waals surface area contributed by atoms with E-state index in [1.54, 1.807) is 23.5 Å². The minimum atomic E-state index is -0.227. The van der Waals surface area contributed by atoms with Crippen LogP contribution in [0.25, 0.3) is 21.8 Å². The van der Waals surface area contributed by atoms with Crippen LogP contribution in [0.4, 0.5) is 10.2 Å². The minimum absolute atomic E-state index is 0.227. The number of nitrogens with zero attached hydrogens (tertiary/aromatic N) is 3. The van der Waals surface area contributed by atoms with Crippen LogP contribution in [0.2, 0.25) is 0 Å². The van der Waals surface area contributed by atoms with Gasteiger partial charge in [0, 0.05) is 35.8 Å². The molecule has 3 nitrogen and oxygen atoms in total. The number of aromatic nitrogens is 2. The molecule has 4 rings (SSSR count). The van der Waals surface area contributed by atoms with Gasteiger partial charge >= 0.3 is 0 Å². The molecule has 0 saturated carbocycles. The number of piperidine rings is 1. The molecule has 0 spiro atoms. The maximum absolute atomic E-state index is 13.1. The Morgan fingerprint density at radius 3 is 2.54 bits per heavy atom. The topological polar surface area (TPSA) is 29.0 Å². The molecule has 1 aromatic carbocycles. The van der Waals surface area contributed by atoms with Crippen LogP contribution in [-0.4, -0.2) is 23.1 Å². The molecule has 0 unspecified atom stereocenters. The van der Waals surface area contributed by atoms with Crippen molar-refractivity contribution in [2.45, 2.75) is 19.3 Å². The first-order chi connectivity index (χ1) is 11.8. The van der Waals surface area contributed by atoms with Crippen molar-refractivity contribution in [3.63, 3.8) is 0 Å². The fourth-order valence-electron chi connectivity index (χ4n) is 3.01. The van der Waals surface area contributed by atoms with E-state index in [0.717, 1.165) is 40.7 Å². The molecule has 3 heterocycles. The van der Waals surface area contributed by atoms with Crippen LogP contribution in [0.1, 0.15) is 19.3 Å². The summed E-state index contributed by atoms with van der Waals surface area (Å²) in [6.07, 6.45) is 5.64. The van der Waals surface area contributed by atoms with Crippen LogP contribution in [0, 0.1) is 5.82 Å². The zero-order valence-corrected chi connectivity index (χ0v) is 14.1. The Hall–Kier alpha value is -2.27. The molecule has 0 amide bonds. The first kappa shape index (κ1) is 15.3. The smallest absolute Gasteiger partial charge is 0.129 e. The van der Waals surface area contributed by atoms with Gasteiger partial charge < -0.3 is 4.90 Å². The molecule has 122 valence electrons. The molecule has 2 aromatic heterocycles. The second-order valence-electron chi connectivity index (χ2n) is 6.00. The number of rotatable bonds is 3. The Labute approximate surface area is 144 Å². The summed E-state index contributed by atoms with van der Waals surface area (Å²) in [4.78, 5) is 11.6. The molecular formula is C19H18FN3S. The largest absolute Gasteiger partial charge is 0.357 e. The fourth-order valence-corrected chi connectivity index (χ4v) is 3.83. The van der Waals surface area contributed by atoms with Crippen molar-refractivity contribution in [2.75, 3.05) is 18.0 Å². The Kier molecular flexibility index (Phi) is 4.26. The fraction of sp³-hybridized carbons (Fsp3) is 0.263. The van der Waals surface area contributed by atoms with Gasteiger partial charge in [-0.3, -0.25) is 0 Å². The molecular weight excluding hydrogens is 321 g/mol. The number of thiazole rings is 1. The van der Waals surface area contributed by atoms with Gasteiger partial charge in [0.1, 0.15) is 16.6 Å². The number of halogens is 1. The number of benzene rings is 1. The van der Waals surface area contributed by atoms with Crippen LogP contribution in [0.15, 0.2) is 48.0 Å². The Balaban J connectivity index is 1.61. The van der Waals surface area contributed by atoms with Crippen LogP contribution >= 0.6 is 11.3 Å². The van der Waals surface area contributed by atoms with Gasteiger partial charge in [-0.2, -0.15) is 0 Å². The summed E-state index contributed by atoms with van der Waals surface area (Å²) >= 11 is 1.61. The van der Waals surface area contributed by atoms with Gasteiger partial charge in [0.2, 0.25) is 0 Å². The van der Waals surface area contributed by atoms with Gasteiger partial charge in [-0.25, -0.2) is 14.4 Å². The maximum atomic E-state index is 13.1. The molecule has 1 aliphatic rings. The van der Waals surface area contributed by atoms with Crippen LogP contribution < -0.4 is 4.90 Å². The molecule has 1 fully saturated rings. The molecule has 5 heteroatoms. The summed E-state index contributed by atoms with van der Waals surface area (Å²) in [7, 11) is 0. The third kappa shape index (κ3) is 3.17. The van der Waals surface area contributed by atoms with Crippen LogP contribution in [-0.2, 0) is 0 Å². The van der Waals surface area contributed by atoms with E-state index in [4.69, 9.17) is 4.98 Å². The van der Waals surface area contributed by atoms with Gasteiger partial charge in [0.15, 0.2) is 0 Å². The molecule has 0 radical (unpaired) electrons. The lowest BCUT2D eigenvalue weighted by molar-refractivity contribution is 0.573. The van der Waals surface area contributed by atoms with E-state index in [1.807, 2.05) is 17.6 Å². The predicted octanol–water partition coefficient (Wildman–Crippen LogP) is 5.00. The van der Waals surface area contributed by atoms with Crippen molar-refractivity contribution in [3.05, 3.63) is 53.8 Å². The number of anilines is 1. The van der Waals surface area contributed by atoms with Crippen molar-refractivity contribution in [1.29, 1.82) is 0 Å². The standard InChI is InChI=1S/C19H18FN3S/c20-16-6-4-14(5-7-16)17-13-24-19(22-17)15-8-9-21-18(12-15)23-10-2-1-3-11-23/h4-9,12-13H,1-3,10-11H2. The summed E-state index contributed by atoms with van der Waals surface area (Å²) in [6.45, 7) is 2.16. The van der Waals surface area contributed by atoms with Crippen molar-refractivity contribution >= 4 is 17.2 Å². The number of pyridine rings is 1. The molecule has 0 atom stereocenters. The van der Waals surface area contributed by atoms with E-state index in [2.05, 4.69) is 16.0 Å². The van der Waals surface area contributed by atoms with Gasteiger partial charge in [-0.15, -0.1) is 11.3 Å². The minimum Gasteiger partial charge on any atom is -0.357 e. The van der Waals surface area contributed by atoms with E-state index < -0.39 is 0 Å². The van der Waals surface area contributed by atoms with Crippen molar-refractivity contribution in [2.24, 2.45) is 0 Å². The lowest BCUT2D eigenvalue weighted by atomic mass is 10.1. The normalized spacial score (nSPS) is 14.8. The third-order valence-corrected chi connectivity index (χ3v) is 5.21. The summed E-state index contributed by atoms with van der Waals surface area (Å²) in [6, 6.07) is 10.6. The van der Waals surface area contributed by atoms with Gasteiger partial charge in [-0.1, -0.05) is 0 Å². The van der Waals surface area contributed by atoms with Crippen molar-refractivity contribution in [1.82, 2.24) is 9.97 Å². The van der Waals surface area contributed by atoms with E-state index in [1.165, 1.54) is 31.4 Å². The number of hydrogen-bond acceptors (Lipinski definition) is 4. The molecule has 0 N–H and O–H groups in total. The summed E-state index contributed by atoms with van der Waals surface area (Å²) in [5, 5.41) is 2.99. The highest BCUT2D eigenvalue weighted by molar-refractivity contribution is 7.13. The second-order valence-corrected chi connectivity index (χ2v) is 6.85. The molecule has 3 aromatic rings. The first-order valence-electron chi connectivity index (χ1n) is 8.22. The highest BCUT2D eigenvalue weighted by Crippen LogP contribution is 2.30. The summed E-state index contributed by atoms with van der Waals surface area (Å²) < 4.78 is 13.1. The first-order valence-corrected chi connectivity index (χ1v) is 9.10. The molecule has 1 saturated heterocycles. The Morgan fingerprint density at radius 1 is 0.958 bits per heavy atom. The summed E-state index contributed by atoms with van der Waals surface area (Å²) in [5.41, 5.74) is 2.90. The average molecular weight is 339 g/mol. The van der Waals surface area contributed by atoms with Crippen molar-refractivity contribution < 1.29 is 4.39 Å². The van der Waals surface area contributed by atoms with Gasteiger partial charge in [0.05, 0.1) is 5.69 Å². The quantitative estimate of drug-likeness (QED) is 0.672. The van der Waals surface area contributed by atoms with E-state index in [0.29, 0.717) is 0 Å². The molecule has 1 aliphatic heterocycles. The Morgan fingerprint density at radius 2 is 1.75 bits per heavy atom. The predicted molar refractivity (Wildman–Crippen MR) is 96.8 cm³/mol. The van der Waals surface area contributed by atoms with E-state index in [-0.39, 0.29) is 5.82 Å².